The summed E-state index contributed by atoms with van der Waals surface area (Å²) in [5, 5.41) is 0. The van der Waals surface area contributed by atoms with Crippen molar-refractivity contribution >= 4 is 0 Å². The van der Waals surface area contributed by atoms with Crippen LogP contribution in [0.1, 0.15) is 54.4 Å². The number of ether oxygens (including phenoxy) is 2. The summed E-state index contributed by atoms with van der Waals surface area (Å²) in [5.74, 6) is 0.942. The molecule has 0 atom stereocenters. The van der Waals surface area contributed by atoms with E-state index in [4.69, 9.17) is 9.47 Å². The van der Waals surface area contributed by atoms with Crippen LogP contribution in [0, 0.1) is 17.3 Å². The third kappa shape index (κ3) is 4.84. The lowest BCUT2D eigenvalue weighted by atomic mass is 9.77. The monoisotopic (exact) mass is 228 g/mol. The van der Waals surface area contributed by atoms with Gasteiger partial charge in [-0.1, -0.05) is 27.7 Å². The summed E-state index contributed by atoms with van der Waals surface area (Å²) < 4.78 is 11.4. The van der Waals surface area contributed by atoms with Crippen LogP contribution < -0.4 is 0 Å². The van der Waals surface area contributed by atoms with Crippen molar-refractivity contribution in [2.75, 3.05) is 13.2 Å². The Morgan fingerprint density at radius 1 is 1.19 bits per heavy atom. The van der Waals surface area contributed by atoms with Gasteiger partial charge in [-0.2, -0.15) is 0 Å². The van der Waals surface area contributed by atoms with Gasteiger partial charge < -0.3 is 9.47 Å². The Labute approximate surface area is 101 Å². The van der Waals surface area contributed by atoms with Crippen molar-refractivity contribution in [3.05, 3.63) is 0 Å². The van der Waals surface area contributed by atoms with E-state index in [2.05, 4.69) is 27.7 Å². The van der Waals surface area contributed by atoms with E-state index < -0.39 is 0 Å². The molecule has 1 heterocycles. The highest BCUT2D eigenvalue weighted by Gasteiger charge is 2.32. The lowest BCUT2D eigenvalue weighted by Crippen LogP contribution is -2.40. The first-order valence-electron chi connectivity index (χ1n) is 6.48. The Balaban J connectivity index is 2.38. The van der Waals surface area contributed by atoms with Crippen molar-refractivity contribution in [2.45, 2.75) is 60.2 Å². The quantitative estimate of drug-likeness (QED) is 0.727. The maximum atomic E-state index is 5.71. The van der Waals surface area contributed by atoms with Gasteiger partial charge in [-0.05, 0) is 38.0 Å². The summed E-state index contributed by atoms with van der Waals surface area (Å²) in [5.41, 5.74) is 0.396. The van der Waals surface area contributed by atoms with Crippen LogP contribution >= 0.6 is 0 Å². The van der Waals surface area contributed by atoms with Crippen LogP contribution in [0.4, 0.5) is 0 Å². The van der Waals surface area contributed by atoms with Crippen molar-refractivity contribution in [1.29, 1.82) is 0 Å². The molecule has 16 heavy (non-hydrogen) atoms. The minimum atomic E-state index is -0.376. The molecule has 2 nitrogen and oxygen atoms in total. The second-order valence-electron chi connectivity index (χ2n) is 6.85. The fraction of sp³-hybridized carbons (Fsp3) is 1.00. The highest BCUT2D eigenvalue weighted by atomic mass is 16.7. The first-order chi connectivity index (χ1) is 7.20. The van der Waals surface area contributed by atoms with E-state index >= 15 is 0 Å². The van der Waals surface area contributed by atoms with E-state index in [0.717, 1.165) is 19.1 Å². The van der Waals surface area contributed by atoms with E-state index in [1.165, 1.54) is 12.8 Å². The predicted octanol–water partition coefficient (Wildman–Crippen LogP) is 3.85. The van der Waals surface area contributed by atoms with Crippen LogP contribution in [0.5, 0.6) is 0 Å². The third-order valence-electron chi connectivity index (χ3n) is 3.14. The SMILES string of the molecule is CC(C)CC(C)(C)CC1COC(C)(C)OC1. The first kappa shape index (κ1) is 14.0. The van der Waals surface area contributed by atoms with Crippen LogP contribution in [-0.4, -0.2) is 19.0 Å². The van der Waals surface area contributed by atoms with Gasteiger partial charge in [0, 0.05) is 5.92 Å². The molecule has 1 aliphatic heterocycles. The zero-order chi connectivity index (χ0) is 12.4. The van der Waals surface area contributed by atoms with Crippen LogP contribution in [0.15, 0.2) is 0 Å². The van der Waals surface area contributed by atoms with Crippen molar-refractivity contribution in [1.82, 2.24) is 0 Å². The molecular weight excluding hydrogens is 200 g/mol. The maximum absolute atomic E-state index is 5.71. The molecule has 0 bridgehead atoms. The summed E-state index contributed by atoms with van der Waals surface area (Å²) in [6, 6.07) is 0. The van der Waals surface area contributed by atoms with E-state index in [-0.39, 0.29) is 5.79 Å². The average molecular weight is 228 g/mol. The Hall–Kier alpha value is -0.0800. The topological polar surface area (TPSA) is 18.5 Å². The Bertz CT molecular complexity index is 209. The molecule has 0 aromatic rings. The van der Waals surface area contributed by atoms with Gasteiger partial charge in [-0.15, -0.1) is 0 Å². The molecule has 0 aromatic carbocycles. The van der Waals surface area contributed by atoms with Gasteiger partial charge >= 0.3 is 0 Å². The molecule has 96 valence electrons. The molecule has 0 unspecified atom stereocenters. The second kappa shape index (κ2) is 5.05. The molecule has 0 saturated carbocycles. The van der Waals surface area contributed by atoms with Gasteiger partial charge in [0.15, 0.2) is 5.79 Å². The van der Waals surface area contributed by atoms with Crippen molar-refractivity contribution in [2.24, 2.45) is 17.3 Å². The van der Waals surface area contributed by atoms with Crippen molar-refractivity contribution < 1.29 is 9.47 Å². The largest absolute Gasteiger partial charge is 0.350 e. The minimum absolute atomic E-state index is 0.376. The molecule has 0 N–H and O–H groups in total. The smallest absolute Gasteiger partial charge is 0.162 e. The van der Waals surface area contributed by atoms with E-state index in [0.29, 0.717) is 11.3 Å². The highest BCUT2D eigenvalue weighted by molar-refractivity contribution is 4.77. The second-order valence-corrected chi connectivity index (χ2v) is 6.85. The predicted molar refractivity (Wildman–Crippen MR) is 67.3 cm³/mol. The van der Waals surface area contributed by atoms with Crippen LogP contribution in [0.2, 0.25) is 0 Å². The zero-order valence-corrected chi connectivity index (χ0v) is 11.8. The van der Waals surface area contributed by atoms with Crippen molar-refractivity contribution in [3.63, 3.8) is 0 Å². The maximum Gasteiger partial charge on any atom is 0.162 e. The van der Waals surface area contributed by atoms with E-state index in [1.807, 2.05) is 13.8 Å². The zero-order valence-electron chi connectivity index (χ0n) is 11.8. The van der Waals surface area contributed by atoms with E-state index in [1.54, 1.807) is 0 Å². The molecule has 2 heteroatoms. The lowest BCUT2D eigenvalue weighted by molar-refractivity contribution is -0.265. The standard InChI is InChI=1S/C14H28O2/c1-11(2)7-13(3,4)8-12-9-15-14(5,6)16-10-12/h11-12H,7-10H2,1-6H3. The van der Waals surface area contributed by atoms with Gasteiger partial charge in [0.05, 0.1) is 13.2 Å². The fourth-order valence-electron chi connectivity index (χ4n) is 2.81. The first-order valence-corrected chi connectivity index (χ1v) is 6.48. The van der Waals surface area contributed by atoms with Crippen LogP contribution in [0.3, 0.4) is 0 Å². The number of hydrogen-bond acceptors (Lipinski definition) is 2. The van der Waals surface area contributed by atoms with Gasteiger partial charge in [-0.3, -0.25) is 0 Å². The van der Waals surface area contributed by atoms with Crippen molar-refractivity contribution in [3.8, 4) is 0 Å². The molecule has 0 radical (unpaired) electrons. The Morgan fingerprint density at radius 2 is 1.69 bits per heavy atom. The van der Waals surface area contributed by atoms with E-state index in [9.17, 15) is 0 Å². The minimum Gasteiger partial charge on any atom is -0.350 e. The Morgan fingerprint density at radius 3 is 2.12 bits per heavy atom. The molecule has 1 rings (SSSR count). The van der Waals surface area contributed by atoms with Crippen LogP contribution in [-0.2, 0) is 9.47 Å². The summed E-state index contributed by atoms with van der Waals surface area (Å²) >= 11 is 0. The Kier molecular flexibility index (Phi) is 4.42. The molecule has 1 aliphatic rings. The van der Waals surface area contributed by atoms with Crippen LogP contribution in [0.25, 0.3) is 0 Å². The third-order valence-corrected chi connectivity index (χ3v) is 3.14. The molecule has 1 saturated heterocycles. The molecule has 0 amide bonds. The summed E-state index contributed by atoms with van der Waals surface area (Å²) in [4.78, 5) is 0. The fourth-order valence-corrected chi connectivity index (χ4v) is 2.81. The molecule has 0 aromatic heterocycles. The van der Waals surface area contributed by atoms with Gasteiger partial charge in [-0.25, -0.2) is 0 Å². The number of hydrogen-bond donors (Lipinski definition) is 0. The average Bonchev–Trinajstić information content (AvgIpc) is 2.06. The molecule has 0 aliphatic carbocycles. The van der Waals surface area contributed by atoms with Gasteiger partial charge in [0.25, 0.3) is 0 Å². The highest BCUT2D eigenvalue weighted by Crippen LogP contribution is 2.35. The normalized spacial score (nSPS) is 22.7. The number of rotatable bonds is 4. The summed E-state index contributed by atoms with van der Waals surface area (Å²) in [7, 11) is 0. The molecule has 0 spiro atoms. The molecular formula is C14H28O2. The lowest BCUT2D eigenvalue weighted by Gasteiger charge is -2.38. The van der Waals surface area contributed by atoms with Gasteiger partial charge in [0.1, 0.15) is 0 Å². The molecule has 1 fully saturated rings. The summed E-state index contributed by atoms with van der Waals surface area (Å²) in [6.45, 7) is 14.9. The van der Waals surface area contributed by atoms with Gasteiger partial charge in [0.2, 0.25) is 0 Å². The summed E-state index contributed by atoms with van der Waals surface area (Å²) in [6.07, 6.45) is 2.47.